The predicted octanol–water partition coefficient (Wildman–Crippen LogP) is 3.51. The lowest BCUT2D eigenvalue weighted by molar-refractivity contribution is -0.127. The highest BCUT2D eigenvalue weighted by Gasteiger charge is 2.37. The first-order valence-corrected chi connectivity index (χ1v) is 11.8. The molecule has 30 heavy (non-hydrogen) atoms. The molecule has 160 valence electrons. The number of amides is 1. The standard InChI is InChI=1S/C23H28N2O4S/c1-23(2)15-20(19-12-6-7-13-21(19)29-23)24-22(26)17-9-8-14-25(16-17)30(27,28)18-10-4-3-5-11-18/h3-7,10-13,17,20H,8-9,14-16H2,1-2H3,(H,24,26)/t17-,20-/m0/s1. The maximum atomic E-state index is 13.1. The molecule has 2 aromatic rings. The molecule has 1 N–H and O–H groups in total. The molecule has 0 bridgehead atoms. The third kappa shape index (κ3) is 4.23. The number of sulfonamides is 1. The van der Waals surface area contributed by atoms with Gasteiger partial charge in [0, 0.05) is 25.1 Å². The minimum atomic E-state index is -3.60. The van der Waals surface area contributed by atoms with Crippen LogP contribution in [0.15, 0.2) is 59.5 Å². The summed E-state index contributed by atoms with van der Waals surface area (Å²) in [5, 5.41) is 3.17. The molecule has 1 amide bonds. The van der Waals surface area contributed by atoms with Crippen molar-refractivity contribution in [2.24, 2.45) is 5.92 Å². The Balaban J connectivity index is 1.49. The second kappa shape index (κ2) is 8.04. The zero-order chi connectivity index (χ0) is 21.4. The van der Waals surface area contributed by atoms with E-state index in [1.165, 1.54) is 4.31 Å². The second-order valence-corrected chi connectivity index (χ2v) is 10.6. The summed E-state index contributed by atoms with van der Waals surface area (Å²) in [6.07, 6.45) is 2.01. The van der Waals surface area contributed by atoms with E-state index in [0.717, 1.165) is 11.3 Å². The van der Waals surface area contributed by atoms with Crippen LogP contribution < -0.4 is 10.1 Å². The summed E-state index contributed by atoms with van der Waals surface area (Å²) in [7, 11) is -3.60. The molecule has 0 spiro atoms. The minimum absolute atomic E-state index is 0.0968. The number of hydrogen-bond donors (Lipinski definition) is 1. The first kappa shape index (κ1) is 20.9. The third-order valence-corrected chi connectivity index (χ3v) is 7.71. The molecule has 2 aliphatic rings. The first-order chi connectivity index (χ1) is 14.3. The number of nitrogens with zero attached hydrogens (tertiary/aromatic N) is 1. The summed E-state index contributed by atoms with van der Waals surface area (Å²) in [6.45, 7) is 4.67. The second-order valence-electron chi connectivity index (χ2n) is 8.68. The highest BCUT2D eigenvalue weighted by molar-refractivity contribution is 7.89. The zero-order valence-corrected chi connectivity index (χ0v) is 18.2. The van der Waals surface area contributed by atoms with Gasteiger partial charge in [0.15, 0.2) is 0 Å². The van der Waals surface area contributed by atoms with Gasteiger partial charge in [-0.25, -0.2) is 8.42 Å². The average molecular weight is 429 g/mol. The zero-order valence-electron chi connectivity index (χ0n) is 17.4. The van der Waals surface area contributed by atoms with Gasteiger partial charge in [0.05, 0.1) is 16.9 Å². The van der Waals surface area contributed by atoms with Crippen molar-refractivity contribution in [3.05, 3.63) is 60.2 Å². The van der Waals surface area contributed by atoms with Crippen molar-refractivity contribution in [3.8, 4) is 5.75 Å². The molecule has 2 atom stereocenters. The van der Waals surface area contributed by atoms with Gasteiger partial charge in [-0.3, -0.25) is 4.79 Å². The maximum absolute atomic E-state index is 13.1. The molecule has 0 unspecified atom stereocenters. The lowest BCUT2D eigenvalue weighted by Crippen LogP contribution is -2.47. The first-order valence-electron chi connectivity index (χ1n) is 10.4. The summed E-state index contributed by atoms with van der Waals surface area (Å²) >= 11 is 0. The number of carbonyl (C=O) groups excluding carboxylic acids is 1. The van der Waals surface area contributed by atoms with Gasteiger partial charge in [-0.1, -0.05) is 36.4 Å². The van der Waals surface area contributed by atoms with E-state index >= 15 is 0 Å². The van der Waals surface area contributed by atoms with E-state index in [9.17, 15) is 13.2 Å². The van der Waals surface area contributed by atoms with E-state index in [-0.39, 0.29) is 34.9 Å². The fraction of sp³-hybridized carbons (Fsp3) is 0.435. The van der Waals surface area contributed by atoms with Crippen molar-refractivity contribution in [2.75, 3.05) is 13.1 Å². The Morgan fingerprint density at radius 3 is 2.57 bits per heavy atom. The van der Waals surface area contributed by atoms with Crippen LogP contribution in [0.2, 0.25) is 0 Å². The quantitative estimate of drug-likeness (QED) is 0.809. The van der Waals surface area contributed by atoms with Crippen LogP contribution in [-0.4, -0.2) is 37.3 Å². The number of nitrogens with one attached hydrogen (secondary N) is 1. The Hall–Kier alpha value is -2.38. The fourth-order valence-corrected chi connectivity index (χ4v) is 5.88. The molecule has 0 radical (unpaired) electrons. The van der Waals surface area contributed by atoms with Crippen molar-refractivity contribution >= 4 is 15.9 Å². The Labute approximate surface area is 178 Å². The van der Waals surface area contributed by atoms with Crippen molar-refractivity contribution in [3.63, 3.8) is 0 Å². The largest absolute Gasteiger partial charge is 0.487 e. The van der Waals surface area contributed by atoms with E-state index in [2.05, 4.69) is 5.32 Å². The van der Waals surface area contributed by atoms with Crippen LogP contribution >= 0.6 is 0 Å². The van der Waals surface area contributed by atoms with Crippen LogP contribution in [0.25, 0.3) is 0 Å². The molecule has 0 aliphatic carbocycles. The van der Waals surface area contributed by atoms with Crippen LogP contribution in [0.5, 0.6) is 5.75 Å². The molecule has 0 aromatic heterocycles. The molecule has 2 heterocycles. The highest BCUT2D eigenvalue weighted by Crippen LogP contribution is 2.39. The number of para-hydroxylation sites is 1. The van der Waals surface area contributed by atoms with Crippen LogP contribution in [0.1, 0.15) is 44.7 Å². The smallest absolute Gasteiger partial charge is 0.243 e. The molecular weight excluding hydrogens is 400 g/mol. The number of hydrogen-bond acceptors (Lipinski definition) is 4. The molecule has 2 aromatic carbocycles. The Kier molecular flexibility index (Phi) is 5.59. The van der Waals surface area contributed by atoms with E-state index < -0.39 is 10.0 Å². The number of benzene rings is 2. The van der Waals surface area contributed by atoms with Crippen molar-refractivity contribution in [1.82, 2.24) is 9.62 Å². The summed E-state index contributed by atoms with van der Waals surface area (Å²) < 4.78 is 33.4. The van der Waals surface area contributed by atoms with Gasteiger partial charge in [0.25, 0.3) is 0 Å². The fourth-order valence-electron chi connectivity index (χ4n) is 4.34. The molecule has 7 heteroatoms. The third-order valence-electron chi connectivity index (χ3n) is 5.83. The molecule has 4 rings (SSSR count). The normalized spacial score (nSPS) is 23.8. The van der Waals surface area contributed by atoms with Crippen LogP contribution in [0.3, 0.4) is 0 Å². The molecule has 2 aliphatic heterocycles. The van der Waals surface area contributed by atoms with Gasteiger partial charge in [0.1, 0.15) is 11.4 Å². The van der Waals surface area contributed by atoms with Crippen molar-refractivity contribution < 1.29 is 17.9 Å². The maximum Gasteiger partial charge on any atom is 0.243 e. The average Bonchev–Trinajstić information content (AvgIpc) is 2.73. The highest BCUT2D eigenvalue weighted by atomic mass is 32.2. The molecular formula is C23H28N2O4S. The van der Waals surface area contributed by atoms with E-state index in [1.807, 2.05) is 38.1 Å². The van der Waals surface area contributed by atoms with Crippen LogP contribution in [-0.2, 0) is 14.8 Å². The van der Waals surface area contributed by atoms with Gasteiger partial charge in [-0.15, -0.1) is 0 Å². The number of ether oxygens (including phenoxy) is 1. The Morgan fingerprint density at radius 2 is 1.80 bits per heavy atom. The Bertz CT molecular complexity index is 1020. The van der Waals surface area contributed by atoms with Gasteiger partial charge in [0.2, 0.25) is 15.9 Å². The van der Waals surface area contributed by atoms with Crippen molar-refractivity contribution in [2.45, 2.75) is 49.6 Å². The predicted molar refractivity (Wildman–Crippen MR) is 115 cm³/mol. The molecule has 1 saturated heterocycles. The number of piperidine rings is 1. The molecule has 0 saturated carbocycles. The van der Waals surface area contributed by atoms with Gasteiger partial charge < -0.3 is 10.1 Å². The number of fused-ring (bicyclic) bond motifs is 1. The van der Waals surface area contributed by atoms with Crippen LogP contribution in [0.4, 0.5) is 0 Å². The summed E-state index contributed by atoms with van der Waals surface area (Å²) in [5.74, 6) is 0.326. The number of rotatable bonds is 4. The van der Waals surface area contributed by atoms with E-state index in [0.29, 0.717) is 25.8 Å². The molecule has 1 fully saturated rings. The molecule has 6 nitrogen and oxygen atoms in total. The van der Waals surface area contributed by atoms with Crippen LogP contribution in [0, 0.1) is 5.92 Å². The van der Waals surface area contributed by atoms with E-state index in [4.69, 9.17) is 4.74 Å². The van der Waals surface area contributed by atoms with E-state index in [1.54, 1.807) is 30.3 Å². The van der Waals surface area contributed by atoms with Gasteiger partial charge >= 0.3 is 0 Å². The minimum Gasteiger partial charge on any atom is -0.487 e. The van der Waals surface area contributed by atoms with Gasteiger partial charge in [-0.05, 0) is 44.9 Å². The summed E-state index contributed by atoms with van der Waals surface area (Å²) in [4.78, 5) is 13.4. The monoisotopic (exact) mass is 428 g/mol. The van der Waals surface area contributed by atoms with Crippen molar-refractivity contribution in [1.29, 1.82) is 0 Å². The topological polar surface area (TPSA) is 75.7 Å². The SMILES string of the molecule is CC1(C)C[C@H](NC(=O)[C@H]2CCCN(S(=O)(=O)c3ccccc3)C2)c2ccccc2O1. The van der Waals surface area contributed by atoms with Gasteiger partial charge in [-0.2, -0.15) is 4.31 Å². The Morgan fingerprint density at radius 1 is 1.10 bits per heavy atom. The lowest BCUT2D eigenvalue weighted by atomic mass is 9.89. The lowest BCUT2D eigenvalue weighted by Gasteiger charge is -2.39. The number of carbonyl (C=O) groups is 1. The summed E-state index contributed by atoms with van der Waals surface area (Å²) in [6, 6.07) is 16.0. The summed E-state index contributed by atoms with van der Waals surface area (Å²) in [5.41, 5.74) is 0.580.